The van der Waals surface area contributed by atoms with Gasteiger partial charge in [-0.3, -0.25) is 29.3 Å². The lowest BCUT2D eigenvalue weighted by atomic mass is 9.77. The molecule has 0 aromatic rings. The van der Waals surface area contributed by atoms with Gasteiger partial charge in [-0.1, -0.05) is 6.92 Å². The average molecular weight is 445 g/mol. The van der Waals surface area contributed by atoms with E-state index in [2.05, 4.69) is 0 Å². The first kappa shape index (κ1) is 24.5. The molecule has 2 aliphatic rings. The number of hydrogen-bond donors (Lipinski definition) is 3. The Balaban J connectivity index is 2.02. The first-order chi connectivity index (χ1) is 14.5. The van der Waals surface area contributed by atoms with Crippen molar-refractivity contribution in [2.45, 2.75) is 70.3 Å². The van der Waals surface area contributed by atoms with Crippen LogP contribution in [-0.4, -0.2) is 62.6 Å². The molecule has 7 unspecified atom stereocenters. The number of carboxylic acids is 2. The summed E-state index contributed by atoms with van der Waals surface area (Å²) in [6, 6.07) is -1.06. The van der Waals surface area contributed by atoms with Crippen LogP contribution in [0.3, 0.4) is 0 Å². The molecular formula is C19H27NO11. The molecule has 0 radical (unpaired) electrons. The molecule has 2 aliphatic carbocycles. The van der Waals surface area contributed by atoms with Crippen molar-refractivity contribution in [2.75, 3.05) is 0 Å². The van der Waals surface area contributed by atoms with Gasteiger partial charge in [-0.05, 0) is 25.7 Å². The molecule has 2 rings (SSSR count). The Bertz CT molecular complexity index is 724. The molecule has 2 fully saturated rings. The quantitative estimate of drug-likeness (QED) is 0.207. The minimum atomic E-state index is -1.34. The van der Waals surface area contributed by atoms with Crippen molar-refractivity contribution in [3.63, 3.8) is 0 Å². The lowest BCUT2D eigenvalue weighted by Gasteiger charge is -2.32. The highest BCUT2D eigenvalue weighted by molar-refractivity contribution is 5.83. The third-order valence-electron chi connectivity index (χ3n) is 6.01. The van der Waals surface area contributed by atoms with E-state index in [1.54, 1.807) is 6.92 Å². The predicted molar refractivity (Wildman–Crippen MR) is 100.0 cm³/mol. The first-order valence-corrected chi connectivity index (χ1v) is 10.2. The van der Waals surface area contributed by atoms with Crippen molar-refractivity contribution in [2.24, 2.45) is 23.7 Å². The number of rotatable bonds is 8. The van der Waals surface area contributed by atoms with Gasteiger partial charge < -0.3 is 24.8 Å². The molecule has 174 valence electrons. The fraction of sp³-hybridized carbons (Fsp3) is 0.789. The van der Waals surface area contributed by atoms with Crippen LogP contribution < -0.4 is 0 Å². The van der Waals surface area contributed by atoms with Gasteiger partial charge in [-0.25, -0.2) is 0 Å². The van der Waals surface area contributed by atoms with Gasteiger partial charge in [-0.2, -0.15) is 0 Å². The smallest absolute Gasteiger partial charge is 0.312 e. The number of aliphatic carboxylic acids is 2. The standard InChI is InChI=1S/C19H27NO11/c1-2-15(31-19(27)12-6-4-10(21)8-14(12)17(24)25)30-18(26)11-5-3-9(20(28)29)7-13(11)16(22)23/h9-15,21H,2-8H2,1H3,(H,22,23)(H,24,25). The molecule has 0 bridgehead atoms. The largest absolute Gasteiger partial charge is 0.481 e. The number of carbonyl (C=O) groups is 4. The lowest BCUT2D eigenvalue weighted by molar-refractivity contribution is -0.528. The van der Waals surface area contributed by atoms with Gasteiger partial charge >= 0.3 is 23.9 Å². The van der Waals surface area contributed by atoms with Gasteiger partial charge in [0.05, 0.1) is 29.8 Å². The van der Waals surface area contributed by atoms with Gasteiger partial charge in [0.2, 0.25) is 12.3 Å². The third-order valence-corrected chi connectivity index (χ3v) is 6.01. The molecule has 12 nitrogen and oxygen atoms in total. The Labute approximate surface area is 177 Å². The number of carbonyl (C=O) groups excluding carboxylic acids is 2. The van der Waals surface area contributed by atoms with Crippen LogP contribution in [0.1, 0.15) is 51.9 Å². The minimum Gasteiger partial charge on any atom is -0.481 e. The predicted octanol–water partition coefficient (Wildman–Crippen LogP) is 0.817. The number of aliphatic hydroxyl groups excluding tert-OH is 1. The molecular weight excluding hydrogens is 418 g/mol. The summed E-state index contributed by atoms with van der Waals surface area (Å²) in [5.41, 5.74) is 0. The van der Waals surface area contributed by atoms with E-state index in [1.165, 1.54) is 0 Å². The number of hydrogen-bond acceptors (Lipinski definition) is 9. The van der Waals surface area contributed by atoms with Crippen LogP contribution in [0.5, 0.6) is 0 Å². The summed E-state index contributed by atoms with van der Waals surface area (Å²) in [4.78, 5) is 58.4. The van der Waals surface area contributed by atoms with Gasteiger partial charge in [0.1, 0.15) is 0 Å². The summed E-state index contributed by atoms with van der Waals surface area (Å²) in [6.45, 7) is 1.56. The van der Waals surface area contributed by atoms with Gasteiger partial charge in [-0.15, -0.1) is 0 Å². The van der Waals surface area contributed by atoms with E-state index in [0.717, 1.165) is 0 Å². The Morgan fingerprint density at radius 1 is 0.903 bits per heavy atom. The Morgan fingerprint density at radius 2 is 1.39 bits per heavy atom. The van der Waals surface area contributed by atoms with Gasteiger partial charge in [0, 0.05) is 24.2 Å². The van der Waals surface area contributed by atoms with Crippen LogP contribution in [0, 0.1) is 33.8 Å². The SMILES string of the molecule is CCC(OC(=O)C1CCC(O)CC1C(=O)O)OC(=O)C1CCC([N+](=O)[O-])CC1C(=O)O. The molecule has 31 heavy (non-hydrogen) atoms. The second-order valence-electron chi connectivity index (χ2n) is 8.03. The van der Waals surface area contributed by atoms with Gasteiger partial charge in [0.25, 0.3) is 0 Å². The zero-order valence-electron chi connectivity index (χ0n) is 17.0. The Hall–Kier alpha value is -2.76. The maximum absolute atomic E-state index is 12.6. The van der Waals surface area contributed by atoms with Crippen LogP contribution in [-0.2, 0) is 28.7 Å². The molecule has 0 spiro atoms. The molecule has 7 atom stereocenters. The van der Waals surface area contributed by atoms with Crippen LogP contribution in [0.4, 0.5) is 0 Å². The number of ether oxygens (including phenoxy) is 2. The van der Waals surface area contributed by atoms with Crippen molar-refractivity contribution >= 4 is 23.9 Å². The maximum atomic E-state index is 12.6. The van der Waals surface area contributed by atoms with Crippen LogP contribution in [0.25, 0.3) is 0 Å². The lowest BCUT2D eigenvalue weighted by Crippen LogP contribution is -2.43. The van der Waals surface area contributed by atoms with E-state index >= 15 is 0 Å². The van der Waals surface area contributed by atoms with E-state index < -0.39 is 70.9 Å². The number of nitrogens with zero attached hydrogens (tertiary/aromatic N) is 1. The van der Waals surface area contributed by atoms with Crippen molar-refractivity contribution in [1.29, 1.82) is 0 Å². The zero-order valence-corrected chi connectivity index (χ0v) is 17.0. The van der Waals surface area contributed by atoms with Crippen molar-refractivity contribution < 1.29 is 48.9 Å². The van der Waals surface area contributed by atoms with E-state index in [4.69, 9.17) is 9.47 Å². The summed E-state index contributed by atoms with van der Waals surface area (Å²) in [6.07, 6.45) is -2.20. The molecule has 0 heterocycles. The number of carboxylic acid groups (broad SMARTS) is 2. The topological polar surface area (TPSA) is 191 Å². The first-order valence-electron chi connectivity index (χ1n) is 10.2. The summed E-state index contributed by atoms with van der Waals surface area (Å²) >= 11 is 0. The number of aliphatic hydroxyl groups is 1. The number of esters is 2. The average Bonchev–Trinajstić information content (AvgIpc) is 2.72. The molecule has 0 aliphatic heterocycles. The number of nitro groups is 1. The van der Waals surface area contributed by atoms with Crippen molar-refractivity contribution in [1.82, 2.24) is 0 Å². The van der Waals surface area contributed by atoms with Crippen molar-refractivity contribution in [3.05, 3.63) is 10.1 Å². The van der Waals surface area contributed by atoms with Crippen LogP contribution in [0.2, 0.25) is 0 Å². The maximum Gasteiger partial charge on any atom is 0.312 e. The second-order valence-corrected chi connectivity index (χ2v) is 8.03. The summed E-state index contributed by atoms with van der Waals surface area (Å²) in [7, 11) is 0. The summed E-state index contributed by atoms with van der Waals surface area (Å²) < 4.78 is 10.4. The Morgan fingerprint density at radius 3 is 1.84 bits per heavy atom. The van der Waals surface area contributed by atoms with Gasteiger partial charge in [0.15, 0.2) is 0 Å². The highest BCUT2D eigenvalue weighted by Crippen LogP contribution is 2.34. The highest BCUT2D eigenvalue weighted by Gasteiger charge is 2.45. The Kier molecular flexibility index (Phi) is 8.31. The van der Waals surface area contributed by atoms with Crippen LogP contribution in [0.15, 0.2) is 0 Å². The molecule has 0 amide bonds. The van der Waals surface area contributed by atoms with E-state index in [1.807, 2.05) is 0 Å². The fourth-order valence-corrected chi connectivity index (χ4v) is 4.22. The van der Waals surface area contributed by atoms with Crippen molar-refractivity contribution in [3.8, 4) is 0 Å². The molecule has 0 aromatic heterocycles. The molecule has 2 saturated carbocycles. The molecule has 12 heteroatoms. The van der Waals surface area contributed by atoms with E-state index in [0.29, 0.717) is 0 Å². The van der Waals surface area contributed by atoms with E-state index in [9.17, 15) is 44.6 Å². The summed E-state index contributed by atoms with van der Waals surface area (Å²) in [5.74, 6) is -8.91. The normalized spacial score (nSPS) is 31.8. The second kappa shape index (κ2) is 10.5. The third kappa shape index (κ3) is 6.12. The van der Waals surface area contributed by atoms with Crippen LogP contribution >= 0.6 is 0 Å². The monoisotopic (exact) mass is 445 g/mol. The molecule has 3 N–H and O–H groups in total. The highest BCUT2D eigenvalue weighted by atomic mass is 16.7. The summed E-state index contributed by atoms with van der Waals surface area (Å²) in [5, 5.41) is 39.3. The molecule has 0 saturated heterocycles. The van der Waals surface area contributed by atoms with E-state index in [-0.39, 0.29) is 44.9 Å². The molecule has 0 aromatic carbocycles. The zero-order chi connectivity index (χ0) is 23.3. The fourth-order valence-electron chi connectivity index (χ4n) is 4.22. The minimum absolute atomic E-state index is 0.0256.